The Morgan fingerprint density at radius 1 is 1.40 bits per heavy atom. The molecule has 0 fully saturated rings. The summed E-state index contributed by atoms with van der Waals surface area (Å²) < 4.78 is 5.87. The lowest BCUT2D eigenvalue weighted by Crippen LogP contribution is -2.54. The van der Waals surface area contributed by atoms with Crippen molar-refractivity contribution in [3.05, 3.63) is 0 Å². The monoisotopic (exact) mass is 212 g/mol. The van der Waals surface area contributed by atoms with Crippen molar-refractivity contribution in [3.63, 3.8) is 0 Å². The topological polar surface area (TPSA) is 47.3 Å². The Labute approximate surface area is 93.7 Å². The normalized spacial score (nSPS) is 13.5. The van der Waals surface area contributed by atoms with Crippen LogP contribution in [0.1, 0.15) is 46.5 Å². The quantitative estimate of drug-likeness (QED) is 0.366. The second kappa shape index (κ2) is 7.70. The molecule has 1 unspecified atom stereocenters. The van der Waals surface area contributed by atoms with Crippen LogP contribution in [0.2, 0.25) is 0 Å². The third-order valence-corrected chi connectivity index (χ3v) is 3.04. The number of hydrogen-bond donors (Lipinski definition) is 2. The van der Waals surface area contributed by atoms with Crippen LogP contribution in [-0.4, -0.2) is 18.2 Å². The third-order valence-electron chi connectivity index (χ3n) is 3.04. The minimum absolute atomic E-state index is 0.128. The molecule has 0 aromatic rings. The van der Waals surface area contributed by atoms with Gasteiger partial charge in [-0.2, -0.15) is 0 Å². The van der Waals surface area contributed by atoms with Crippen molar-refractivity contribution in [1.29, 1.82) is 0 Å². The van der Waals surface area contributed by atoms with Crippen LogP contribution >= 0.6 is 0 Å². The molecule has 0 aliphatic heterocycles. The minimum atomic E-state index is -0.180. The van der Waals surface area contributed by atoms with Gasteiger partial charge in [0.1, 0.15) is 0 Å². The van der Waals surface area contributed by atoms with Gasteiger partial charge in [0.25, 0.3) is 0 Å². The van der Waals surface area contributed by atoms with Crippen molar-refractivity contribution in [2.75, 3.05) is 6.61 Å². The summed E-state index contributed by atoms with van der Waals surface area (Å²) in [4.78, 5) is 0. The second-order valence-corrected chi connectivity index (χ2v) is 3.67. The van der Waals surface area contributed by atoms with E-state index in [0.29, 0.717) is 6.61 Å². The predicted octanol–water partition coefficient (Wildman–Crippen LogP) is 1.83. The lowest BCUT2D eigenvalue weighted by molar-refractivity contribution is -0.0735. The van der Waals surface area contributed by atoms with Gasteiger partial charge in [0.05, 0.1) is 11.6 Å². The highest BCUT2D eigenvalue weighted by atomic mass is 16.5. The smallest absolute Gasteiger partial charge is 0.0843 e. The standard InChI is InChI=1S/C12H24N2O/c1-5-9-10-11(14-13)12(6-2,7-3)15-8-4/h1,11,14H,6-10,13H2,2-4H3. The van der Waals surface area contributed by atoms with Crippen molar-refractivity contribution < 1.29 is 4.74 Å². The van der Waals surface area contributed by atoms with E-state index < -0.39 is 0 Å². The summed E-state index contributed by atoms with van der Waals surface area (Å²) in [5.74, 6) is 8.23. The summed E-state index contributed by atoms with van der Waals surface area (Å²) in [5.41, 5.74) is 2.66. The van der Waals surface area contributed by atoms with Gasteiger partial charge < -0.3 is 4.74 Å². The van der Waals surface area contributed by atoms with Crippen LogP contribution in [0.15, 0.2) is 0 Å². The lowest BCUT2D eigenvalue weighted by atomic mass is 9.86. The van der Waals surface area contributed by atoms with Crippen LogP contribution < -0.4 is 11.3 Å². The SMILES string of the molecule is C#CCCC(NN)C(CC)(CC)OCC. The first kappa shape index (κ1) is 14.4. The van der Waals surface area contributed by atoms with Gasteiger partial charge in [-0.15, -0.1) is 12.3 Å². The Kier molecular flexibility index (Phi) is 7.41. The Hall–Kier alpha value is -0.560. The van der Waals surface area contributed by atoms with Gasteiger partial charge in [0.2, 0.25) is 0 Å². The molecule has 0 heterocycles. The molecule has 0 aromatic carbocycles. The molecule has 0 radical (unpaired) electrons. The fourth-order valence-electron chi connectivity index (χ4n) is 2.06. The summed E-state index contributed by atoms with van der Waals surface area (Å²) in [6.45, 7) is 6.96. The van der Waals surface area contributed by atoms with Gasteiger partial charge >= 0.3 is 0 Å². The number of nitrogens with two attached hydrogens (primary N) is 1. The zero-order chi connectivity index (χ0) is 11.7. The van der Waals surface area contributed by atoms with Crippen molar-refractivity contribution in [2.24, 2.45) is 5.84 Å². The molecule has 0 aromatic heterocycles. The van der Waals surface area contributed by atoms with E-state index in [-0.39, 0.29) is 11.6 Å². The molecule has 15 heavy (non-hydrogen) atoms. The van der Waals surface area contributed by atoms with Gasteiger partial charge in [-0.25, -0.2) is 0 Å². The first-order valence-electron chi connectivity index (χ1n) is 5.74. The molecule has 88 valence electrons. The predicted molar refractivity (Wildman–Crippen MR) is 64.1 cm³/mol. The molecular weight excluding hydrogens is 188 g/mol. The van der Waals surface area contributed by atoms with Crippen LogP contribution in [0, 0.1) is 12.3 Å². The largest absolute Gasteiger partial charge is 0.374 e. The molecule has 3 N–H and O–H groups in total. The minimum Gasteiger partial charge on any atom is -0.374 e. The summed E-state index contributed by atoms with van der Waals surface area (Å²) in [7, 11) is 0. The summed E-state index contributed by atoms with van der Waals surface area (Å²) in [6.07, 6.45) is 8.74. The molecular formula is C12H24N2O. The van der Waals surface area contributed by atoms with E-state index >= 15 is 0 Å². The van der Waals surface area contributed by atoms with E-state index in [4.69, 9.17) is 17.0 Å². The van der Waals surface area contributed by atoms with E-state index in [2.05, 4.69) is 25.2 Å². The first-order chi connectivity index (χ1) is 7.20. The highest BCUT2D eigenvalue weighted by Gasteiger charge is 2.35. The third kappa shape index (κ3) is 3.83. The molecule has 0 aliphatic rings. The van der Waals surface area contributed by atoms with Crippen LogP contribution in [-0.2, 0) is 4.74 Å². The molecule has 0 aliphatic carbocycles. The number of terminal acetylenes is 1. The average Bonchev–Trinajstić information content (AvgIpc) is 2.28. The fourth-order valence-corrected chi connectivity index (χ4v) is 2.06. The summed E-state index contributed by atoms with van der Waals surface area (Å²) in [5, 5.41) is 0. The molecule has 0 rings (SSSR count). The fraction of sp³-hybridized carbons (Fsp3) is 0.833. The number of nitrogens with one attached hydrogen (secondary N) is 1. The Morgan fingerprint density at radius 3 is 2.33 bits per heavy atom. The van der Waals surface area contributed by atoms with Gasteiger partial charge in [-0.05, 0) is 26.2 Å². The van der Waals surface area contributed by atoms with Gasteiger partial charge in [-0.1, -0.05) is 13.8 Å². The highest BCUT2D eigenvalue weighted by Crippen LogP contribution is 2.27. The van der Waals surface area contributed by atoms with Gasteiger partial charge in [-0.3, -0.25) is 11.3 Å². The molecule has 3 nitrogen and oxygen atoms in total. The van der Waals surface area contributed by atoms with Crippen molar-refractivity contribution >= 4 is 0 Å². The van der Waals surface area contributed by atoms with E-state index in [1.807, 2.05) is 6.92 Å². The molecule has 0 bridgehead atoms. The summed E-state index contributed by atoms with van der Waals surface area (Å²) >= 11 is 0. The molecule has 0 spiro atoms. The zero-order valence-electron chi connectivity index (χ0n) is 10.2. The number of rotatable bonds is 8. The Bertz CT molecular complexity index is 194. The lowest BCUT2D eigenvalue weighted by Gasteiger charge is -2.38. The van der Waals surface area contributed by atoms with Crippen LogP contribution in [0.3, 0.4) is 0 Å². The van der Waals surface area contributed by atoms with E-state index in [0.717, 1.165) is 25.7 Å². The van der Waals surface area contributed by atoms with Gasteiger partial charge in [0, 0.05) is 13.0 Å². The Balaban J connectivity index is 4.59. The maximum atomic E-state index is 5.87. The van der Waals surface area contributed by atoms with Crippen molar-refractivity contribution in [3.8, 4) is 12.3 Å². The van der Waals surface area contributed by atoms with Crippen molar-refractivity contribution in [2.45, 2.75) is 58.1 Å². The van der Waals surface area contributed by atoms with E-state index in [1.54, 1.807) is 0 Å². The molecule has 0 saturated heterocycles. The Morgan fingerprint density at radius 2 is 2.00 bits per heavy atom. The average molecular weight is 212 g/mol. The van der Waals surface area contributed by atoms with E-state index in [1.165, 1.54) is 0 Å². The number of ether oxygens (including phenoxy) is 1. The van der Waals surface area contributed by atoms with Crippen LogP contribution in [0.5, 0.6) is 0 Å². The molecule has 1 atom stereocenters. The van der Waals surface area contributed by atoms with E-state index in [9.17, 15) is 0 Å². The molecule has 3 heteroatoms. The highest BCUT2D eigenvalue weighted by molar-refractivity contribution is 4.94. The zero-order valence-corrected chi connectivity index (χ0v) is 10.2. The van der Waals surface area contributed by atoms with Crippen molar-refractivity contribution in [1.82, 2.24) is 5.43 Å². The van der Waals surface area contributed by atoms with Gasteiger partial charge in [0.15, 0.2) is 0 Å². The molecule has 0 saturated carbocycles. The van der Waals surface area contributed by atoms with Crippen LogP contribution in [0.25, 0.3) is 0 Å². The number of hydrazine groups is 1. The maximum Gasteiger partial charge on any atom is 0.0843 e. The summed E-state index contributed by atoms with van der Waals surface area (Å²) in [6, 6.07) is 0.128. The number of hydrogen-bond acceptors (Lipinski definition) is 3. The maximum absolute atomic E-state index is 5.87. The first-order valence-corrected chi connectivity index (χ1v) is 5.74. The second-order valence-electron chi connectivity index (χ2n) is 3.67. The molecule has 0 amide bonds. The van der Waals surface area contributed by atoms with Crippen LogP contribution in [0.4, 0.5) is 0 Å².